The molecule has 0 N–H and O–H groups in total. The molecule has 0 bridgehead atoms. The van der Waals surface area contributed by atoms with Crippen LogP contribution in [0.2, 0.25) is 0 Å². The van der Waals surface area contributed by atoms with Gasteiger partial charge >= 0.3 is 0 Å². The predicted octanol–water partition coefficient (Wildman–Crippen LogP) is 2.75. The van der Waals surface area contributed by atoms with Gasteiger partial charge in [0, 0.05) is 17.1 Å². The summed E-state index contributed by atoms with van der Waals surface area (Å²) in [6.45, 7) is 0.484. The number of rotatable bonds is 3. The summed E-state index contributed by atoms with van der Waals surface area (Å²) in [4.78, 5) is 4.24. The van der Waals surface area contributed by atoms with Crippen LogP contribution in [0.25, 0.3) is 10.9 Å². The van der Waals surface area contributed by atoms with Gasteiger partial charge < -0.3 is 0 Å². The Balaban J connectivity index is 2.03. The van der Waals surface area contributed by atoms with E-state index in [4.69, 9.17) is 11.6 Å². The smallest absolute Gasteiger partial charge is 0.132 e. The Hall–Kier alpha value is -2.01. The lowest BCUT2D eigenvalue weighted by molar-refractivity contribution is 0.633. The van der Waals surface area contributed by atoms with Crippen molar-refractivity contribution in [1.82, 2.24) is 20.0 Å². The third-order valence-electron chi connectivity index (χ3n) is 2.86. The van der Waals surface area contributed by atoms with E-state index in [9.17, 15) is 4.39 Å². The Morgan fingerprint density at radius 3 is 2.95 bits per heavy atom. The van der Waals surface area contributed by atoms with E-state index >= 15 is 0 Å². The molecule has 0 fully saturated rings. The summed E-state index contributed by atoms with van der Waals surface area (Å²) in [5, 5.41) is 8.40. The zero-order chi connectivity index (χ0) is 13.2. The third kappa shape index (κ3) is 2.29. The molecule has 2 heterocycles. The number of alkyl halides is 1. The van der Waals surface area contributed by atoms with E-state index in [1.807, 2.05) is 0 Å². The first-order chi connectivity index (χ1) is 9.28. The van der Waals surface area contributed by atoms with Crippen molar-refractivity contribution >= 4 is 22.5 Å². The first-order valence-electron chi connectivity index (χ1n) is 5.75. The van der Waals surface area contributed by atoms with Crippen molar-refractivity contribution in [3.8, 4) is 0 Å². The molecule has 6 heteroatoms. The molecule has 0 spiro atoms. The maximum Gasteiger partial charge on any atom is 0.132 e. The van der Waals surface area contributed by atoms with Crippen LogP contribution in [0.3, 0.4) is 0 Å². The van der Waals surface area contributed by atoms with Crippen LogP contribution < -0.4 is 0 Å². The molecule has 3 rings (SSSR count). The number of benzene rings is 1. The zero-order valence-electron chi connectivity index (χ0n) is 9.92. The fraction of sp³-hybridized carbons (Fsp3) is 0.154. The van der Waals surface area contributed by atoms with Crippen molar-refractivity contribution in [2.45, 2.75) is 12.4 Å². The molecule has 0 aliphatic heterocycles. The van der Waals surface area contributed by atoms with Gasteiger partial charge in [0.2, 0.25) is 0 Å². The van der Waals surface area contributed by atoms with Crippen LogP contribution in [0.4, 0.5) is 4.39 Å². The van der Waals surface area contributed by atoms with Gasteiger partial charge in [0.1, 0.15) is 5.82 Å². The number of nitrogens with zero attached hydrogens (tertiary/aromatic N) is 4. The monoisotopic (exact) mass is 276 g/mol. The summed E-state index contributed by atoms with van der Waals surface area (Å²) in [5.41, 5.74) is 2.24. The molecule has 0 unspecified atom stereocenters. The maximum absolute atomic E-state index is 13.7. The van der Waals surface area contributed by atoms with Crippen LogP contribution in [-0.2, 0) is 12.4 Å². The molecule has 96 valence electrons. The molecule has 0 aliphatic carbocycles. The van der Waals surface area contributed by atoms with Crippen molar-refractivity contribution in [1.29, 1.82) is 0 Å². The van der Waals surface area contributed by atoms with Gasteiger partial charge in [0.15, 0.2) is 0 Å². The minimum Gasteiger partial charge on any atom is -0.256 e. The number of hydrogen-bond donors (Lipinski definition) is 0. The van der Waals surface area contributed by atoms with Crippen molar-refractivity contribution in [3.05, 3.63) is 53.7 Å². The lowest BCUT2D eigenvalue weighted by atomic mass is 10.1. The Kier molecular flexibility index (Phi) is 3.13. The molecule has 2 aromatic heterocycles. The average Bonchev–Trinajstić information content (AvgIpc) is 2.90. The number of halogens is 2. The van der Waals surface area contributed by atoms with Crippen LogP contribution in [0.15, 0.2) is 36.7 Å². The zero-order valence-corrected chi connectivity index (χ0v) is 10.7. The highest BCUT2D eigenvalue weighted by Gasteiger charge is 2.08. The van der Waals surface area contributed by atoms with Crippen LogP contribution in [0.1, 0.15) is 11.3 Å². The van der Waals surface area contributed by atoms with Crippen molar-refractivity contribution < 1.29 is 4.39 Å². The highest BCUT2D eigenvalue weighted by Crippen LogP contribution is 2.20. The molecular weight excluding hydrogens is 267 g/mol. The Labute approximate surface area is 113 Å². The molecule has 0 radical (unpaired) electrons. The molecular formula is C13H10ClFN4. The number of pyridine rings is 1. The molecule has 0 saturated heterocycles. The summed E-state index contributed by atoms with van der Waals surface area (Å²) >= 11 is 5.68. The van der Waals surface area contributed by atoms with Gasteiger partial charge in [-0.3, -0.25) is 4.98 Å². The van der Waals surface area contributed by atoms with Crippen molar-refractivity contribution in [2.75, 3.05) is 0 Å². The molecule has 1 aromatic carbocycles. The molecule has 0 amide bonds. The first kappa shape index (κ1) is 12.0. The quantitative estimate of drug-likeness (QED) is 0.691. The normalized spacial score (nSPS) is 11.1. The second kappa shape index (κ2) is 4.93. The number of fused-ring (bicyclic) bond motifs is 1. The lowest BCUT2D eigenvalue weighted by Crippen LogP contribution is -2.02. The molecule has 19 heavy (non-hydrogen) atoms. The molecule has 3 aromatic rings. The van der Waals surface area contributed by atoms with Gasteiger partial charge in [-0.15, -0.1) is 16.7 Å². The third-order valence-corrected chi connectivity index (χ3v) is 3.13. The van der Waals surface area contributed by atoms with Gasteiger partial charge in [0.05, 0.1) is 29.8 Å². The molecule has 0 atom stereocenters. The van der Waals surface area contributed by atoms with Crippen molar-refractivity contribution in [3.63, 3.8) is 0 Å². The lowest BCUT2D eigenvalue weighted by Gasteiger charge is -2.06. The predicted molar refractivity (Wildman–Crippen MR) is 70.4 cm³/mol. The summed E-state index contributed by atoms with van der Waals surface area (Å²) in [5.74, 6) is 0.0504. The minimum atomic E-state index is -0.271. The van der Waals surface area contributed by atoms with E-state index < -0.39 is 0 Å². The Morgan fingerprint density at radius 1 is 1.26 bits per heavy atom. The summed E-state index contributed by atoms with van der Waals surface area (Å²) in [7, 11) is 0. The van der Waals surface area contributed by atoms with Gasteiger partial charge in [0.25, 0.3) is 0 Å². The van der Waals surface area contributed by atoms with Crippen LogP contribution >= 0.6 is 11.6 Å². The van der Waals surface area contributed by atoms with E-state index in [-0.39, 0.29) is 5.82 Å². The highest BCUT2D eigenvalue weighted by molar-refractivity contribution is 6.16. The average molecular weight is 277 g/mol. The molecule has 0 saturated carbocycles. The fourth-order valence-corrected chi connectivity index (χ4v) is 2.10. The van der Waals surface area contributed by atoms with Gasteiger partial charge in [-0.25, -0.2) is 9.07 Å². The van der Waals surface area contributed by atoms with E-state index in [0.717, 1.165) is 5.56 Å². The SMILES string of the molecule is Fc1ccc(Cn2cc(CCl)nn2)c2ncccc12. The van der Waals surface area contributed by atoms with Crippen LogP contribution in [0, 0.1) is 5.82 Å². The van der Waals surface area contributed by atoms with E-state index in [0.29, 0.717) is 29.0 Å². The van der Waals surface area contributed by atoms with E-state index in [1.165, 1.54) is 6.07 Å². The van der Waals surface area contributed by atoms with Crippen LogP contribution in [0.5, 0.6) is 0 Å². The second-order valence-corrected chi connectivity index (χ2v) is 4.41. The molecule has 0 aliphatic rings. The first-order valence-corrected chi connectivity index (χ1v) is 6.28. The van der Waals surface area contributed by atoms with Gasteiger partial charge in [-0.2, -0.15) is 0 Å². The topological polar surface area (TPSA) is 43.6 Å². The van der Waals surface area contributed by atoms with Gasteiger partial charge in [-0.1, -0.05) is 11.3 Å². The largest absolute Gasteiger partial charge is 0.256 e. The summed E-state index contributed by atoms with van der Waals surface area (Å²) in [6, 6.07) is 6.59. The summed E-state index contributed by atoms with van der Waals surface area (Å²) < 4.78 is 15.3. The Bertz CT molecular complexity index is 725. The van der Waals surface area contributed by atoms with Gasteiger partial charge in [-0.05, 0) is 18.2 Å². The second-order valence-electron chi connectivity index (χ2n) is 4.15. The minimum absolute atomic E-state index is 0.271. The van der Waals surface area contributed by atoms with E-state index in [2.05, 4.69) is 15.3 Å². The number of hydrogen-bond acceptors (Lipinski definition) is 3. The van der Waals surface area contributed by atoms with Crippen LogP contribution in [-0.4, -0.2) is 20.0 Å². The summed E-state index contributed by atoms with van der Waals surface area (Å²) in [6.07, 6.45) is 3.42. The standard InChI is InChI=1S/C13H10ClFN4/c14-6-10-8-19(18-17-10)7-9-3-4-12(15)11-2-1-5-16-13(9)11/h1-5,8H,6-7H2. The highest BCUT2D eigenvalue weighted by atomic mass is 35.5. The Morgan fingerprint density at radius 2 is 2.16 bits per heavy atom. The fourth-order valence-electron chi connectivity index (χ4n) is 1.98. The number of aromatic nitrogens is 4. The maximum atomic E-state index is 13.7. The van der Waals surface area contributed by atoms with Crippen molar-refractivity contribution in [2.24, 2.45) is 0 Å². The molecule has 4 nitrogen and oxygen atoms in total. The van der Waals surface area contributed by atoms with E-state index in [1.54, 1.807) is 35.3 Å².